The smallest absolute Gasteiger partial charge is 0.291 e. The number of benzene rings is 3. The monoisotopic (exact) mass is 445 g/mol. The second kappa shape index (κ2) is 7.78. The number of amides is 1. The molecule has 3 aromatic carbocycles. The number of carbonyl (C=O) groups excluding carboxylic acids is 1. The van der Waals surface area contributed by atoms with Crippen LogP contribution in [-0.2, 0) is 6.54 Å². The largest absolute Gasteiger partial charge is 0.504 e. The Bertz CT molecular complexity index is 1460. The van der Waals surface area contributed by atoms with Crippen molar-refractivity contribution in [3.8, 4) is 11.5 Å². The number of phenols is 1. The lowest BCUT2D eigenvalue weighted by Crippen LogP contribution is -2.29. The molecule has 1 N–H and O–H groups in total. The summed E-state index contributed by atoms with van der Waals surface area (Å²) in [5.41, 5.74) is 2.45. The van der Waals surface area contributed by atoms with Gasteiger partial charge in [0.15, 0.2) is 16.9 Å². The standard InChI is InChI=1S/C26H20FNO5/c1-14-3-10-20-18(11-14)24(30)22-23(16-6-9-19(29)21(12-16)32-2)28(26(31)25(22)33-20)13-15-4-7-17(27)8-5-15/h3-12,23,29H,13H2,1-2H3/t23-/m0/s1. The molecule has 33 heavy (non-hydrogen) atoms. The maximum absolute atomic E-state index is 13.6. The summed E-state index contributed by atoms with van der Waals surface area (Å²) in [7, 11) is 1.42. The van der Waals surface area contributed by atoms with Crippen molar-refractivity contribution in [2.24, 2.45) is 0 Å². The number of hydrogen-bond acceptors (Lipinski definition) is 5. The molecule has 1 aliphatic heterocycles. The molecular weight excluding hydrogens is 425 g/mol. The van der Waals surface area contributed by atoms with Crippen LogP contribution in [0.15, 0.2) is 69.9 Å². The normalized spacial score (nSPS) is 15.2. The molecule has 0 fully saturated rings. The van der Waals surface area contributed by atoms with Crippen LogP contribution < -0.4 is 10.2 Å². The first-order valence-corrected chi connectivity index (χ1v) is 10.4. The van der Waals surface area contributed by atoms with Crippen molar-refractivity contribution in [1.82, 2.24) is 4.90 Å². The van der Waals surface area contributed by atoms with E-state index in [1.165, 1.54) is 30.2 Å². The van der Waals surface area contributed by atoms with Crippen molar-refractivity contribution >= 4 is 16.9 Å². The second-order valence-electron chi connectivity index (χ2n) is 8.07. The van der Waals surface area contributed by atoms with Crippen LogP contribution >= 0.6 is 0 Å². The van der Waals surface area contributed by atoms with Gasteiger partial charge in [-0.2, -0.15) is 0 Å². The Morgan fingerprint density at radius 2 is 1.82 bits per heavy atom. The molecule has 2 heterocycles. The van der Waals surface area contributed by atoms with E-state index in [4.69, 9.17) is 9.15 Å². The molecule has 1 aromatic heterocycles. The van der Waals surface area contributed by atoms with E-state index in [2.05, 4.69) is 0 Å². The number of hydrogen-bond donors (Lipinski definition) is 1. The molecule has 1 aliphatic rings. The van der Waals surface area contributed by atoms with Gasteiger partial charge in [0, 0.05) is 6.54 Å². The highest BCUT2D eigenvalue weighted by molar-refractivity contribution is 5.99. The number of halogens is 1. The van der Waals surface area contributed by atoms with E-state index in [1.807, 2.05) is 13.0 Å². The minimum absolute atomic E-state index is 0.0180. The lowest BCUT2D eigenvalue weighted by Gasteiger charge is -2.25. The fourth-order valence-electron chi connectivity index (χ4n) is 4.29. The van der Waals surface area contributed by atoms with E-state index in [9.17, 15) is 19.1 Å². The summed E-state index contributed by atoms with van der Waals surface area (Å²) in [4.78, 5) is 28.6. The molecule has 0 radical (unpaired) electrons. The van der Waals surface area contributed by atoms with E-state index in [0.29, 0.717) is 22.1 Å². The zero-order valence-corrected chi connectivity index (χ0v) is 18.0. The van der Waals surface area contributed by atoms with Gasteiger partial charge in [0.25, 0.3) is 5.91 Å². The predicted octanol–water partition coefficient (Wildman–Crippen LogP) is 4.70. The number of phenolic OH excluding ortho intramolecular Hbond substituents is 1. The van der Waals surface area contributed by atoms with Crippen molar-refractivity contribution in [3.05, 3.63) is 105 Å². The van der Waals surface area contributed by atoms with Crippen LogP contribution in [0, 0.1) is 12.7 Å². The SMILES string of the molecule is COc1cc([C@H]2c3c(oc4ccc(C)cc4c3=O)C(=O)N2Cc2ccc(F)cc2)ccc1O. The van der Waals surface area contributed by atoms with Crippen LogP contribution in [0.3, 0.4) is 0 Å². The Hall–Kier alpha value is -4.13. The minimum Gasteiger partial charge on any atom is -0.504 e. The van der Waals surface area contributed by atoms with E-state index in [1.54, 1.807) is 36.4 Å². The Morgan fingerprint density at radius 3 is 2.55 bits per heavy atom. The molecular formula is C26H20FNO5. The zero-order chi connectivity index (χ0) is 23.3. The summed E-state index contributed by atoms with van der Waals surface area (Å²) in [6, 6.07) is 15.0. The Kier molecular flexibility index (Phi) is 4.89. The quantitative estimate of drug-likeness (QED) is 0.493. The van der Waals surface area contributed by atoms with Crippen molar-refractivity contribution in [3.63, 3.8) is 0 Å². The zero-order valence-electron chi connectivity index (χ0n) is 18.0. The van der Waals surface area contributed by atoms with Gasteiger partial charge in [-0.1, -0.05) is 29.8 Å². The lowest BCUT2D eigenvalue weighted by atomic mass is 9.97. The fourth-order valence-corrected chi connectivity index (χ4v) is 4.29. The summed E-state index contributed by atoms with van der Waals surface area (Å²) < 4.78 is 24.6. The van der Waals surface area contributed by atoms with Gasteiger partial charge in [-0.05, 0) is 54.4 Å². The van der Waals surface area contributed by atoms with Crippen LogP contribution in [0.4, 0.5) is 4.39 Å². The van der Waals surface area contributed by atoms with Gasteiger partial charge in [-0.3, -0.25) is 9.59 Å². The van der Waals surface area contributed by atoms with Gasteiger partial charge in [-0.15, -0.1) is 0 Å². The Balaban J connectivity index is 1.73. The highest BCUT2D eigenvalue weighted by atomic mass is 19.1. The molecule has 0 unspecified atom stereocenters. The molecule has 4 aromatic rings. The summed E-state index contributed by atoms with van der Waals surface area (Å²) in [6.45, 7) is 2.01. The van der Waals surface area contributed by atoms with Crippen LogP contribution in [0.1, 0.15) is 38.9 Å². The summed E-state index contributed by atoms with van der Waals surface area (Å²) in [6.07, 6.45) is 0. The number of nitrogens with zero attached hydrogens (tertiary/aromatic N) is 1. The number of fused-ring (bicyclic) bond motifs is 2. The fraction of sp³-hybridized carbons (Fsp3) is 0.154. The Morgan fingerprint density at radius 1 is 1.06 bits per heavy atom. The molecule has 0 aliphatic carbocycles. The van der Waals surface area contributed by atoms with Crippen molar-refractivity contribution in [2.45, 2.75) is 19.5 Å². The molecule has 5 rings (SSSR count). The first kappa shape index (κ1) is 20.8. The third kappa shape index (κ3) is 3.42. The van der Waals surface area contributed by atoms with Crippen LogP contribution in [0.25, 0.3) is 11.0 Å². The topological polar surface area (TPSA) is 80.0 Å². The molecule has 166 valence electrons. The molecule has 0 bridgehead atoms. The van der Waals surface area contributed by atoms with Gasteiger partial charge >= 0.3 is 0 Å². The van der Waals surface area contributed by atoms with Gasteiger partial charge in [-0.25, -0.2) is 4.39 Å². The van der Waals surface area contributed by atoms with Gasteiger partial charge in [0.05, 0.1) is 24.1 Å². The van der Waals surface area contributed by atoms with Gasteiger partial charge < -0.3 is 19.2 Å². The lowest BCUT2D eigenvalue weighted by molar-refractivity contribution is 0.0714. The molecule has 1 atom stereocenters. The number of ether oxygens (including phenoxy) is 1. The summed E-state index contributed by atoms with van der Waals surface area (Å²) in [5, 5.41) is 10.4. The summed E-state index contributed by atoms with van der Waals surface area (Å²) in [5.74, 6) is -0.678. The van der Waals surface area contributed by atoms with Crippen LogP contribution in [0.2, 0.25) is 0 Å². The second-order valence-corrected chi connectivity index (χ2v) is 8.07. The molecule has 7 heteroatoms. The van der Waals surface area contributed by atoms with Crippen molar-refractivity contribution in [1.29, 1.82) is 0 Å². The van der Waals surface area contributed by atoms with Crippen LogP contribution in [-0.4, -0.2) is 23.0 Å². The average Bonchev–Trinajstić information content (AvgIpc) is 3.08. The number of rotatable bonds is 4. The van der Waals surface area contributed by atoms with Crippen molar-refractivity contribution < 1.29 is 23.4 Å². The van der Waals surface area contributed by atoms with Crippen LogP contribution in [0.5, 0.6) is 11.5 Å². The Labute approximate surface area is 188 Å². The van der Waals surface area contributed by atoms with E-state index >= 15 is 0 Å². The van der Waals surface area contributed by atoms with E-state index in [0.717, 1.165) is 5.56 Å². The number of aryl methyl sites for hydroxylation is 1. The summed E-state index contributed by atoms with van der Waals surface area (Å²) >= 11 is 0. The molecule has 6 nitrogen and oxygen atoms in total. The first-order valence-electron chi connectivity index (χ1n) is 10.4. The maximum Gasteiger partial charge on any atom is 0.291 e. The number of carbonyl (C=O) groups is 1. The highest BCUT2D eigenvalue weighted by Gasteiger charge is 2.43. The maximum atomic E-state index is 13.6. The number of methoxy groups -OCH3 is 1. The van der Waals surface area contributed by atoms with Gasteiger partial charge in [0.2, 0.25) is 5.76 Å². The van der Waals surface area contributed by atoms with Gasteiger partial charge in [0.1, 0.15) is 11.4 Å². The molecule has 0 saturated heterocycles. The predicted molar refractivity (Wildman–Crippen MR) is 120 cm³/mol. The van der Waals surface area contributed by atoms with Crippen molar-refractivity contribution in [2.75, 3.05) is 7.11 Å². The van der Waals surface area contributed by atoms with E-state index < -0.39 is 11.9 Å². The third-order valence-electron chi connectivity index (χ3n) is 5.91. The molecule has 1 amide bonds. The number of aromatic hydroxyl groups is 1. The minimum atomic E-state index is -0.770. The average molecular weight is 445 g/mol. The highest BCUT2D eigenvalue weighted by Crippen LogP contribution is 2.41. The first-order chi connectivity index (χ1) is 15.9. The third-order valence-corrected chi connectivity index (χ3v) is 5.91. The molecule has 0 spiro atoms. The molecule has 0 saturated carbocycles. The van der Waals surface area contributed by atoms with E-state index in [-0.39, 0.29) is 40.6 Å².